The molecule has 0 bridgehead atoms. The number of aromatic amines is 1. The van der Waals surface area contributed by atoms with E-state index in [9.17, 15) is 10.1 Å². The molecule has 0 saturated heterocycles. The van der Waals surface area contributed by atoms with Gasteiger partial charge in [-0.2, -0.15) is 10.4 Å². The van der Waals surface area contributed by atoms with E-state index in [0.717, 1.165) is 11.1 Å². The third kappa shape index (κ3) is 3.49. The fourth-order valence-electron chi connectivity index (χ4n) is 4.09. The summed E-state index contributed by atoms with van der Waals surface area (Å²) in [6.07, 6.45) is 1.72. The zero-order valence-electron chi connectivity index (χ0n) is 17.4. The molecule has 4 aromatic rings. The van der Waals surface area contributed by atoms with Crippen molar-refractivity contribution in [3.8, 4) is 34.5 Å². The number of hydrogen-bond acceptors (Lipinski definition) is 6. The number of amides is 1. The van der Waals surface area contributed by atoms with E-state index < -0.39 is 11.8 Å². The maximum Gasteiger partial charge on any atom is 0.244 e. The number of nitrogens with one attached hydrogen (secondary N) is 1. The minimum atomic E-state index is -0.621. The number of carbonyl (C=O) groups is 1. The van der Waals surface area contributed by atoms with Crippen molar-refractivity contribution in [2.45, 2.75) is 12.5 Å². The van der Waals surface area contributed by atoms with Crippen molar-refractivity contribution in [3.05, 3.63) is 89.4 Å². The highest BCUT2D eigenvalue weighted by Gasteiger charge is 2.38. The summed E-state index contributed by atoms with van der Waals surface area (Å²) in [5.74, 6) is -0.885. The molecule has 1 aliphatic heterocycles. The van der Waals surface area contributed by atoms with Crippen LogP contribution in [-0.2, 0) is 11.3 Å². The van der Waals surface area contributed by atoms with Gasteiger partial charge in [-0.05, 0) is 5.56 Å². The maximum atomic E-state index is 11.6. The number of fused-ring (bicyclic) bond motifs is 1. The number of ether oxygens (including phenoxy) is 1. The van der Waals surface area contributed by atoms with Crippen LogP contribution in [0.1, 0.15) is 17.0 Å². The van der Waals surface area contributed by atoms with Gasteiger partial charge in [-0.3, -0.25) is 14.6 Å². The van der Waals surface area contributed by atoms with Crippen molar-refractivity contribution in [1.29, 1.82) is 5.26 Å². The van der Waals surface area contributed by atoms with Crippen LogP contribution in [0.15, 0.2) is 78.3 Å². The molecule has 9 heteroatoms. The summed E-state index contributed by atoms with van der Waals surface area (Å²) in [5, 5.41) is 22.0. The average molecular weight is 437 g/mol. The van der Waals surface area contributed by atoms with Crippen LogP contribution in [0, 0.1) is 11.3 Å². The number of hydrogen-bond donors (Lipinski definition) is 3. The van der Waals surface area contributed by atoms with Gasteiger partial charge in [0.25, 0.3) is 0 Å². The lowest BCUT2D eigenvalue weighted by atomic mass is 9.82. The van der Waals surface area contributed by atoms with Gasteiger partial charge in [0.15, 0.2) is 0 Å². The quantitative estimate of drug-likeness (QED) is 0.437. The Bertz CT molecular complexity index is 1410. The van der Waals surface area contributed by atoms with E-state index in [4.69, 9.17) is 16.2 Å². The van der Waals surface area contributed by atoms with Gasteiger partial charge in [-0.25, -0.2) is 0 Å². The minimum absolute atomic E-state index is 0.0252. The number of rotatable bonds is 5. The van der Waals surface area contributed by atoms with Crippen LogP contribution >= 0.6 is 0 Å². The zero-order chi connectivity index (χ0) is 22.9. The Morgan fingerprint density at radius 1 is 1.12 bits per heavy atom. The highest BCUT2D eigenvalue weighted by Crippen LogP contribution is 2.47. The van der Waals surface area contributed by atoms with Gasteiger partial charge in [-0.15, -0.1) is 5.10 Å². The number of nitriles is 1. The van der Waals surface area contributed by atoms with Crippen LogP contribution in [0.3, 0.4) is 0 Å². The summed E-state index contributed by atoms with van der Waals surface area (Å²) >= 11 is 0. The summed E-state index contributed by atoms with van der Waals surface area (Å²) in [6.45, 7) is -0.103. The first-order valence-corrected chi connectivity index (χ1v) is 10.2. The van der Waals surface area contributed by atoms with Gasteiger partial charge in [0.2, 0.25) is 17.7 Å². The van der Waals surface area contributed by atoms with E-state index in [1.54, 1.807) is 6.20 Å². The number of carbonyl (C=O) groups excluding carboxylic acids is 1. The van der Waals surface area contributed by atoms with Gasteiger partial charge in [-0.1, -0.05) is 60.7 Å². The van der Waals surface area contributed by atoms with E-state index in [-0.39, 0.29) is 23.9 Å². The van der Waals surface area contributed by atoms with Crippen molar-refractivity contribution in [1.82, 2.24) is 20.0 Å². The molecule has 0 saturated carbocycles. The third-order valence-electron chi connectivity index (χ3n) is 5.47. The van der Waals surface area contributed by atoms with Crippen molar-refractivity contribution in [2.24, 2.45) is 11.5 Å². The Morgan fingerprint density at radius 3 is 2.42 bits per heavy atom. The van der Waals surface area contributed by atoms with Gasteiger partial charge in [0.05, 0.1) is 22.9 Å². The Kier molecular flexibility index (Phi) is 4.88. The number of H-pyrrole nitrogens is 1. The molecule has 0 fully saturated rings. The Labute approximate surface area is 188 Å². The Balaban J connectivity index is 1.77. The molecule has 3 heterocycles. The molecule has 1 atom stereocenters. The summed E-state index contributed by atoms with van der Waals surface area (Å²) < 4.78 is 7.17. The molecule has 0 spiro atoms. The molecule has 2 aromatic carbocycles. The number of primary amides is 1. The Morgan fingerprint density at radius 2 is 1.79 bits per heavy atom. The number of nitrogens with two attached hydrogens (primary N) is 2. The standard InChI is InChI=1S/C24H19N7O2/c25-11-16-19(17-12-31(13-18(26)32)30-21(17)14-7-3-1-4-8-14)20-22(15-9-5-2-6-10-15)28-29-24(20)33-23(16)27/h1-10,12,19H,13,27H2,(H2,26,32)(H,28,29)/t19-/m1/s1. The van der Waals surface area contributed by atoms with E-state index >= 15 is 0 Å². The lowest BCUT2D eigenvalue weighted by Gasteiger charge is -2.24. The van der Waals surface area contributed by atoms with Gasteiger partial charge in [0, 0.05) is 17.3 Å². The van der Waals surface area contributed by atoms with E-state index in [1.165, 1.54) is 4.68 Å². The summed E-state index contributed by atoms with van der Waals surface area (Å²) in [7, 11) is 0. The monoisotopic (exact) mass is 437 g/mol. The largest absolute Gasteiger partial charge is 0.420 e. The highest BCUT2D eigenvalue weighted by molar-refractivity contribution is 5.76. The lowest BCUT2D eigenvalue weighted by Crippen LogP contribution is -2.21. The third-order valence-corrected chi connectivity index (χ3v) is 5.47. The van der Waals surface area contributed by atoms with Crippen molar-refractivity contribution < 1.29 is 9.53 Å². The first-order valence-electron chi connectivity index (χ1n) is 10.2. The van der Waals surface area contributed by atoms with E-state index in [1.807, 2.05) is 60.7 Å². The van der Waals surface area contributed by atoms with Crippen molar-refractivity contribution in [2.75, 3.05) is 0 Å². The number of allylic oxidation sites excluding steroid dienone is 1. The van der Waals surface area contributed by atoms with Crippen LogP contribution in [0.5, 0.6) is 5.88 Å². The normalized spacial score (nSPS) is 14.9. The molecule has 0 radical (unpaired) electrons. The molecule has 2 aromatic heterocycles. The topological polar surface area (TPSA) is 149 Å². The van der Waals surface area contributed by atoms with Crippen molar-refractivity contribution >= 4 is 5.91 Å². The summed E-state index contributed by atoms with van der Waals surface area (Å²) in [4.78, 5) is 11.6. The smallest absolute Gasteiger partial charge is 0.244 e. The molecular formula is C24H19N7O2. The summed E-state index contributed by atoms with van der Waals surface area (Å²) in [5.41, 5.74) is 16.2. The SMILES string of the molecule is N#CC1=C(N)Oc2n[nH]c(-c3ccccc3)c2[C@H]1c1cn(CC(N)=O)nc1-c1ccccc1. The number of benzene rings is 2. The maximum absolute atomic E-state index is 11.6. The predicted molar refractivity (Wildman–Crippen MR) is 120 cm³/mol. The fourth-order valence-corrected chi connectivity index (χ4v) is 4.09. The molecule has 33 heavy (non-hydrogen) atoms. The molecule has 5 rings (SSSR count). The predicted octanol–water partition coefficient (Wildman–Crippen LogP) is 2.64. The molecular weight excluding hydrogens is 418 g/mol. The Hall–Kier alpha value is -4.84. The lowest BCUT2D eigenvalue weighted by molar-refractivity contribution is -0.118. The minimum Gasteiger partial charge on any atom is -0.420 e. The van der Waals surface area contributed by atoms with Gasteiger partial charge < -0.3 is 16.2 Å². The van der Waals surface area contributed by atoms with E-state index in [2.05, 4.69) is 21.4 Å². The molecule has 0 aliphatic carbocycles. The summed E-state index contributed by atoms with van der Waals surface area (Å²) in [6, 6.07) is 21.3. The van der Waals surface area contributed by atoms with Crippen LogP contribution in [0.2, 0.25) is 0 Å². The van der Waals surface area contributed by atoms with Gasteiger partial charge in [0.1, 0.15) is 18.2 Å². The van der Waals surface area contributed by atoms with Crippen LogP contribution in [0.4, 0.5) is 0 Å². The molecule has 9 nitrogen and oxygen atoms in total. The molecule has 5 N–H and O–H groups in total. The fraction of sp³-hybridized carbons (Fsp3) is 0.0833. The van der Waals surface area contributed by atoms with Gasteiger partial charge >= 0.3 is 0 Å². The first-order chi connectivity index (χ1) is 16.1. The van der Waals surface area contributed by atoms with Crippen LogP contribution in [0.25, 0.3) is 22.5 Å². The molecule has 0 unspecified atom stereocenters. The first kappa shape index (κ1) is 20.1. The number of aromatic nitrogens is 4. The van der Waals surface area contributed by atoms with Crippen molar-refractivity contribution in [3.63, 3.8) is 0 Å². The van der Waals surface area contributed by atoms with E-state index in [0.29, 0.717) is 22.5 Å². The van der Waals surface area contributed by atoms with Crippen LogP contribution in [-0.4, -0.2) is 25.9 Å². The molecule has 162 valence electrons. The number of nitrogens with zero attached hydrogens (tertiary/aromatic N) is 4. The average Bonchev–Trinajstić information content (AvgIpc) is 3.43. The second-order valence-electron chi connectivity index (χ2n) is 7.57. The molecule has 1 amide bonds. The second-order valence-corrected chi connectivity index (χ2v) is 7.57. The molecule has 1 aliphatic rings. The second kappa shape index (κ2) is 8.01. The van der Waals surface area contributed by atoms with Crippen LogP contribution < -0.4 is 16.2 Å². The highest BCUT2D eigenvalue weighted by atomic mass is 16.5. The zero-order valence-corrected chi connectivity index (χ0v) is 17.4.